The predicted molar refractivity (Wildman–Crippen MR) is 348 cm³/mol. The molecule has 0 aliphatic heterocycles. The summed E-state index contributed by atoms with van der Waals surface area (Å²) < 4.78 is 7.86. The van der Waals surface area contributed by atoms with Gasteiger partial charge in [0, 0.05) is 66.1 Å². The number of hydrogen-bond donors (Lipinski definition) is 0. The molecule has 14 aromatic carbocycles. The van der Waals surface area contributed by atoms with E-state index < -0.39 is 0 Å². The normalized spacial score (nSPS) is 12.1. The molecule has 79 heavy (non-hydrogen) atoms. The van der Waals surface area contributed by atoms with E-state index in [1.54, 1.807) is 0 Å². The van der Waals surface area contributed by atoms with Crippen LogP contribution in [-0.4, -0.2) is 0 Å². The monoisotopic (exact) mass is 1050 g/mol. The Balaban J connectivity index is 0.821. The van der Waals surface area contributed by atoms with Gasteiger partial charge >= 0.3 is 0 Å². The van der Waals surface area contributed by atoms with Gasteiger partial charge in [0.15, 0.2) is 0 Å². The molecule has 3 heteroatoms. The molecule has 0 aliphatic carbocycles. The molecule has 0 spiro atoms. The highest BCUT2D eigenvalue weighted by molar-refractivity contribution is 7.27. The fourth-order valence-electron chi connectivity index (χ4n) is 13.1. The number of benzene rings is 14. The first kappa shape index (κ1) is 44.9. The smallest absolute Gasteiger partial charge is 0.0434 e. The lowest BCUT2D eigenvalue weighted by atomic mass is 9.85. The Bertz CT molecular complexity index is 5250. The molecule has 0 nitrogen and oxygen atoms in total. The minimum absolute atomic E-state index is 1.24. The standard InChI is InChI=1S/C76H44S3/c1-3-16-45(17-4-1)47-31-36-67-63(40-47)65-42-49(33-38-69(65)77-67)72-53-20-7-9-22-55(53)74(56-23-10-8-21-54(56)72)51-30-35-52-61-28-15-29-62(76(61)79-71(52)44-51)75-59-26-13-11-24-57(59)73(58-25-12-14-27-60(58)75)50-34-39-70-66(43-50)64-41-48(32-37-68(64)78-70)46-18-5-2-6-19-46/h1-44H. The Morgan fingerprint density at radius 2 is 0.494 bits per heavy atom. The van der Waals surface area contributed by atoms with Gasteiger partial charge in [0.2, 0.25) is 0 Å². The Kier molecular flexibility index (Phi) is 10.0. The molecule has 366 valence electrons. The zero-order valence-corrected chi connectivity index (χ0v) is 45.1. The lowest BCUT2D eigenvalue weighted by Crippen LogP contribution is -1.91. The highest BCUT2D eigenvalue weighted by atomic mass is 32.1. The molecule has 17 rings (SSSR count). The van der Waals surface area contributed by atoms with Gasteiger partial charge in [-0.05, 0) is 159 Å². The molecule has 0 N–H and O–H groups in total. The summed E-state index contributed by atoms with van der Waals surface area (Å²) in [5, 5.41) is 18.0. The average Bonchev–Trinajstić information content (AvgIpc) is 4.24. The molecule has 0 fully saturated rings. The van der Waals surface area contributed by atoms with E-state index in [1.807, 2.05) is 34.0 Å². The molecule has 3 heterocycles. The number of rotatable bonds is 6. The van der Waals surface area contributed by atoms with E-state index in [9.17, 15) is 0 Å². The van der Waals surface area contributed by atoms with E-state index in [2.05, 4.69) is 267 Å². The second-order valence-electron chi connectivity index (χ2n) is 21.0. The van der Waals surface area contributed by atoms with Gasteiger partial charge in [0.25, 0.3) is 0 Å². The second-order valence-corrected chi connectivity index (χ2v) is 24.2. The lowest BCUT2D eigenvalue weighted by molar-refractivity contribution is 1.66. The van der Waals surface area contributed by atoms with Crippen LogP contribution in [0.1, 0.15) is 0 Å². The van der Waals surface area contributed by atoms with Crippen LogP contribution in [0.2, 0.25) is 0 Å². The zero-order valence-electron chi connectivity index (χ0n) is 42.6. The van der Waals surface area contributed by atoms with Gasteiger partial charge in [0.1, 0.15) is 0 Å². The lowest BCUT2D eigenvalue weighted by Gasteiger charge is -2.18. The molecule has 0 amide bonds. The van der Waals surface area contributed by atoms with Crippen LogP contribution in [0.3, 0.4) is 0 Å². The Morgan fingerprint density at radius 1 is 0.165 bits per heavy atom. The average molecular weight is 1050 g/mol. The molecule has 0 aliphatic rings. The maximum Gasteiger partial charge on any atom is 0.0434 e. The van der Waals surface area contributed by atoms with Crippen LogP contribution in [0.25, 0.3) is 170 Å². The highest BCUT2D eigenvalue weighted by Gasteiger charge is 2.23. The third kappa shape index (κ3) is 6.97. The molecular formula is C76H44S3. The molecule has 0 saturated heterocycles. The summed E-state index contributed by atoms with van der Waals surface area (Å²) in [6, 6.07) is 100. The van der Waals surface area contributed by atoms with Crippen molar-refractivity contribution in [3.05, 3.63) is 267 Å². The van der Waals surface area contributed by atoms with Crippen molar-refractivity contribution in [2.24, 2.45) is 0 Å². The van der Waals surface area contributed by atoms with Gasteiger partial charge in [-0.3, -0.25) is 0 Å². The molecular weight excluding hydrogens is 1010 g/mol. The van der Waals surface area contributed by atoms with Crippen LogP contribution in [0.15, 0.2) is 267 Å². The van der Waals surface area contributed by atoms with Crippen molar-refractivity contribution < 1.29 is 0 Å². The summed E-state index contributed by atoms with van der Waals surface area (Å²) in [7, 11) is 0. The number of thiophene rings is 3. The van der Waals surface area contributed by atoms with Gasteiger partial charge < -0.3 is 0 Å². The van der Waals surface area contributed by atoms with Gasteiger partial charge in [-0.1, -0.05) is 212 Å². The summed E-state index contributed by atoms with van der Waals surface area (Å²) in [5.74, 6) is 0. The summed E-state index contributed by atoms with van der Waals surface area (Å²) in [6.45, 7) is 0. The van der Waals surface area contributed by atoms with Crippen LogP contribution < -0.4 is 0 Å². The predicted octanol–water partition coefficient (Wildman–Crippen LogP) is 23.4. The molecule has 0 radical (unpaired) electrons. The van der Waals surface area contributed by atoms with E-state index in [0.29, 0.717) is 0 Å². The van der Waals surface area contributed by atoms with E-state index >= 15 is 0 Å². The van der Waals surface area contributed by atoms with Crippen molar-refractivity contribution in [2.75, 3.05) is 0 Å². The molecule has 0 atom stereocenters. The zero-order chi connectivity index (χ0) is 51.7. The van der Waals surface area contributed by atoms with Crippen molar-refractivity contribution in [1.82, 2.24) is 0 Å². The minimum atomic E-state index is 1.24. The second kappa shape index (κ2) is 17.7. The summed E-state index contributed by atoms with van der Waals surface area (Å²) in [6.07, 6.45) is 0. The van der Waals surface area contributed by atoms with Crippen LogP contribution in [0, 0.1) is 0 Å². The first-order valence-electron chi connectivity index (χ1n) is 27.0. The largest absolute Gasteiger partial charge is 0.135 e. The molecule has 3 aromatic heterocycles. The fraction of sp³-hybridized carbons (Fsp3) is 0. The minimum Gasteiger partial charge on any atom is -0.135 e. The summed E-state index contributed by atoms with van der Waals surface area (Å²) >= 11 is 5.69. The molecule has 0 bridgehead atoms. The Hall–Kier alpha value is -9.22. The van der Waals surface area contributed by atoms with Crippen molar-refractivity contribution in [2.45, 2.75) is 0 Å². The molecule has 0 saturated carbocycles. The Labute approximate surface area is 468 Å². The van der Waals surface area contributed by atoms with Crippen LogP contribution in [-0.2, 0) is 0 Å². The van der Waals surface area contributed by atoms with Crippen molar-refractivity contribution in [3.63, 3.8) is 0 Å². The van der Waals surface area contributed by atoms with Crippen LogP contribution in [0.5, 0.6) is 0 Å². The number of hydrogen-bond acceptors (Lipinski definition) is 3. The van der Waals surface area contributed by atoms with E-state index in [0.717, 1.165) is 0 Å². The quantitative estimate of drug-likeness (QED) is 0.146. The topological polar surface area (TPSA) is 0 Å². The van der Waals surface area contributed by atoms with E-state index in [4.69, 9.17) is 0 Å². The molecule has 0 unspecified atom stereocenters. The van der Waals surface area contributed by atoms with Crippen molar-refractivity contribution in [1.29, 1.82) is 0 Å². The fourth-order valence-corrected chi connectivity index (χ4v) is 16.5. The third-order valence-electron chi connectivity index (χ3n) is 16.6. The van der Waals surface area contributed by atoms with Gasteiger partial charge in [-0.25, -0.2) is 0 Å². The Morgan fingerprint density at radius 3 is 0.911 bits per heavy atom. The van der Waals surface area contributed by atoms with Gasteiger partial charge in [-0.2, -0.15) is 0 Å². The first-order valence-corrected chi connectivity index (χ1v) is 29.5. The van der Waals surface area contributed by atoms with Crippen molar-refractivity contribution >= 4 is 138 Å². The van der Waals surface area contributed by atoms with Crippen molar-refractivity contribution in [3.8, 4) is 66.8 Å². The van der Waals surface area contributed by atoms with E-state index in [1.165, 1.54) is 170 Å². The highest BCUT2D eigenvalue weighted by Crippen LogP contribution is 2.51. The summed E-state index contributed by atoms with van der Waals surface area (Å²) in [4.78, 5) is 0. The molecule has 17 aromatic rings. The SMILES string of the molecule is c1ccc(-c2ccc3sc4ccc(-c5c6ccccc6c(-c6ccc7c(c6)sc6c(-c8c9ccccc9c(-c9ccc%10sc%11ccc(-c%12ccccc%12)cc%11c%10c9)c9ccccc89)cccc67)c6ccccc56)cc4c3c2)cc1. The van der Waals surface area contributed by atoms with Gasteiger partial charge in [0.05, 0.1) is 0 Å². The van der Waals surface area contributed by atoms with Gasteiger partial charge in [-0.15, -0.1) is 34.0 Å². The maximum absolute atomic E-state index is 2.47. The summed E-state index contributed by atoms with van der Waals surface area (Å²) in [5.41, 5.74) is 15.1. The third-order valence-corrected chi connectivity index (χ3v) is 20.2. The first-order chi connectivity index (χ1) is 39.2. The number of fused-ring (bicyclic) bond motifs is 13. The van der Waals surface area contributed by atoms with Crippen LogP contribution in [0.4, 0.5) is 0 Å². The van der Waals surface area contributed by atoms with E-state index in [-0.39, 0.29) is 0 Å². The van der Waals surface area contributed by atoms with Crippen LogP contribution >= 0.6 is 34.0 Å². The maximum atomic E-state index is 2.47.